The first-order valence-electron chi connectivity index (χ1n) is 6.18. The zero-order valence-corrected chi connectivity index (χ0v) is 10.8. The third-order valence-electron chi connectivity index (χ3n) is 3.02. The molecule has 0 aliphatic heterocycles. The van der Waals surface area contributed by atoms with Crippen molar-refractivity contribution in [1.29, 1.82) is 0 Å². The summed E-state index contributed by atoms with van der Waals surface area (Å²) >= 11 is 0. The molecule has 0 heterocycles. The minimum absolute atomic E-state index is 0.153. The molecule has 2 aromatic rings. The molecular weight excluding hydrogens is 270 g/mol. The Morgan fingerprint density at radius 2 is 1.75 bits per heavy atom. The van der Waals surface area contributed by atoms with E-state index in [-0.39, 0.29) is 5.69 Å². The van der Waals surface area contributed by atoms with Crippen LogP contribution in [-0.4, -0.2) is 0 Å². The van der Waals surface area contributed by atoms with E-state index in [0.717, 1.165) is 12.1 Å². The number of hydrogen-bond donors (Lipinski definition) is 1. The lowest BCUT2D eigenvalue weighted by Crippen LogP contribution is -2.12. The van der Waals surface area contributed by atoms with Gasteiger partial charge in [-0.05, 0) is 36.2 Å². The van der Waals surface area contributed by atoms with E-state index >= 15 is 0 Å². The zero-order chi connectivity index (χ0) is 14.7. The standard InChI is InChI=1S/C15H13F4N/c1-2-12(9-4-3-5-10(16)8-9)20-13-7-6-11(17)14(18)15(13)19/h3-8,12,20H,2H2,1H3. The number of benzene rings is 2. The SMILES string of the molecule is CCC(Nc1ccc(F)c(F)c1F)c1cccc(F)c1. The molecule has 0 spiro atoms. The fourth-order valence-corrected chi connectivity index (χ4v) is 1.97. The van der Waals surface area contributed by atoms with Gasteiger partial charge < -0.3 is 5.32 Å². The van der Waals surface area contributed by atoms with Gasteiger partial charge in [-0.25, -0.2) is 17.6 Å². The first-order chi connectivity index (χ1) is 9.52. The van der Waals surface area contributed by atoms with Gasteiger partial charge in [-0.3, -0.25) is 0 Å². The monoisotopic (exact) mass is 283 g/mol. The first-order valence-corrected chi connectivity index (χ1v) is 6.18. The van der Waals surface area contributed by atoms with E-state index < -0.39 is 29.3 Å². The van der Waals surface area contributed by atoms with Crippen LogP contribution in [0.25, 0.3) is 0 Å². The Labute approximate surface area is 114 Å². The second-order valence-corrected chi connectivity index (χ2v) is 4.38. The first kappa shape index (κ1) is 14.4. The van der Waals surface area contributed by atoms with Gasteiger partial charge >= 0.3 is 0 Å². The average molecular weight is 283 g/mol. The number of halogens is 4. The van der Waals surface area contributed by atoms with Crippen molar-refractivity contribution in [3.05, 3.63) is 65.2 Å². The van der Waals surface area contributed by atoms with E-state index in [9.17, 15) is 17.6 Å². The van der Waals surface area contributed by atoms with Crippen LogP contribution in [0.5, 0.6) is 0 Å². The van der Waals surface area contributed by atoms with Crippen molar-refractivity contribution in [1.82, 2.24) is 0 Å². The van der Waals surface area contributed by atoms with E-state index in [2.05, 4.69) is 5.32 Å². The van der Waals surface area contributed by atoms with Gasteiger partial charge in [0, 0.05) is 0 Å². The summed E-state index contributed by atoms with van der Waals surface area (Å²) in [7, 11) is 0. The molecule has 1 atom stereocenters. The van der Waals surface area contributed by atoms with Crippen LogP contribution in [-0.2, 0) is 0 Å². The number of hydrogen-bond acceptors (Lipinski definition) is 1. The highest BCUT2D eigenvalue weighted by molar-refractivity contribution is 5.47. The molecule has 0 fully saturated rings. The Morgan fingerprint density at radius 3 is 2.40 bits per heavy atom. The Hall–Kier alpha value is -2.04. The third-order valence-corrected chi connectivity index (χ3v) is 3.02. The van der Waals surface area contributed by atoms with Gasteiger partial charge in [0.25, 0.3) is 0 Å². The summed E-state index contributed by atoms with van der Waals surface area (Å²) in [4.78, 5) is 0. The quantitative estimate of drug-likeness (QED) is 0.627. The molecule has 2 aromatic carbocycles. The lowest BCUT2D eigenvalue weighted by atomic mass is 10.0. The average Bonchev–Trinajstić information content (AvgIpc) is 2.44. The predicted molar refractivity (Wildman–Crippen MR) is 69.4 cm³/mol. The number of rotatable bonds is 4. The molecule has 0 aliphatic carbocycles. The van der Waals surface area contributed by atoms with Crippen molar-refractivity contribution in [3.63, 3.8) is 0 Å². The van der Waals surface area contributed by atoms with E-state index in [0.29, 0.717) is 12.0 Å². The van der Waals surface area contributed by atoms with Gasteiger partial charge in [-0.2, -0.15) is 0 Å². The second kappa shape index (κ2) is 5.94. The van der Waals surface area contributed by atoms with Crippen LogP contribution in [0, 0.1) is 23.3 Å². The summed E-state index contributed by atoms with van der Waals surface area (Å²) in [5.74, 6) is -4.45. The van der Waals surface area contributed by atoms with E-state index in [1.54, 1.807) is 6.07 Å². The van der Waals surface area contributed by atoms with Crippen LogP contribution >= 0.6 is 0 Å². The fraction of sp³-hybridized carbons (Fsp3) is 0.200. The maximum absolute atomic E-state index is 13.6. The van der Waals surface area contributed by atoms with Crippen molar-refractivity contribution in [2.24, 2.45) is 0 Å². The third kappa shape index (κ3) is 2.92. The van der Waals surface area contributed by atoms with Crippen LogP contribution in [0.2, 0.25) is 0 Å². The van der Waals surface area contributed by atoms with Crippen LogP contribution in [0.15, 0.2) is 36.4 Å². The topological polar surface area (TPSA) is 12.0 Å². The predicted octanol–water partition coefficient (Wildman–Crippen LogP) is 4.81. The van der Waals surface area contributed by atoms with Gasteiger partial charge in [-0.1, -0.05) is 19.1 Å². The largest absolute Gasteiger partial charge is 0.376 e. The molecular formula is C15H13F4N. The van der Waals surface area contributed by atoms with Gasteiger partial charge in [-0.15, -0.1) is 0 Å². The van der Waals surface area contributed by atoms with Crippen molar-refractivity contribution in [2.45, 2.75) is 19.4 Å². The molecule has 0 saturated heterocycles. The molecule has 2 rings (SSSR count). The lowest BCUT2D eigenvalue weighted by Gasteiger charge is -2.19. The smallest absolute Gasteiger partial charge is 0.196 e. The second-order valence-electron chi connectivity index (χ2n) is 4.38. The van der Waals surface area contributed by atoms with E-state index in [1.165, 1.54) is 18.2 Å². The molecule has 5 heteroatoms. The molecule has 0 amide bonds. The van der Waals surface area contributed by atoms with Gasteiger partial charge in [0.2, 0.25) is 0 Å². The molecule has 0 bridgehead atoms. The summed E-state index contributed by atoms with van der Waals surface area (Å²) in [6.07, 6.45) is 0.530. The highest BCUT2D eigenvalue weighted by atomic mass is 19.2. The highest BCUT2D eigenvalue weighted by Gasteiger charge is 2.17. The molecule has 0 saturated carbocycles. The lowest BCUT2D eigenvalue weighted by molar-refractivity contribution is 0.448. The van der Waals surface area contributed by atoms with Crippen LogP contribution < -0.4 is 5.32 Å². The maximum Gasteiger partial charge on any atom is 0.196 e. The molecule has 1 nitrogen and oxygen atoms in total. The van der Waals surface area contributed by atoms with Crippen molar-refractivity contribution >= 4 is 5.69 Å². The van der Waals surface area contributed by atoms with Crippen LogP contribution in [0.3, 0.4) is 0 Å². The zero-order valence-electron chi connectivity index (χ0n) is 10.8. The van der Waals surface area contributed by atoms with Gasteiger partial charge in [0.05, 0.1) is 11.7 Å². The van der Waals surface area contributed by atoms with Crippen LogP contribution in [0.4, 0.5) is 23.2 Å². The summed E-state index contributed by atoms with van der Waals surface area (Å²) in [5.41, 5.74) is 0.455. The highest BCUT2D eigenvalue weighted by Crippen LogP contribution is 2.26. The Morgan fingerprint density at radius 1 is 1.00 bits per heavy atom. The normalized spacial score (nSPS) is 12.2. The minimum atomic E-state index is -1.52. The molecule has 0 aliphatic rings. The molecule has 0 aromatic heterocycles. The summed E-state index contributed by atoms with van der Waals surface area (Å²) < 4.78 is 52.8. The summed E-state index contributed by atoms with van der Waals surface area (Å²) in [6.45, 7) is 1.82. The van der Waals surface area contributed by atoms with Gasteiger partial charge in [0.15, 0.2) is 17.5 Å². The summed E-state index contributed by atoms with van der Waals surface area (Å²) in [5, 5.41) is 2.76. The fourth-order valence-electron chi connectivity index (χ4n) is 1.97. The molecule has 106 valence electrons. The molecule has 0 radical (unpaired) electrons. The van der Waals surface area contributed by atoms with E-state index in [4.69, 9.17) is 0 Å². The van der Waals surface area contributed by atoms with Crippen molar-refractivity contribution in [3.8, 4) is 0 Å². The number of anilines is 1. The molecule has 20 heavy (non-hydrogen) atoms. The molecule has 1 N–H and O–H groups in total. The van der Waals surface area contributed by atoms with Crippen LogP contribution in [0.1, 0.15) is 24.9 Å². The van der Waals surface area contributed by atoms with E-state index in [1.807, 2.05) is 6.92 Å². The van der Waals surface area contributed by atoms with Gasteiger partial charge in [0.1, 0.15) is 5.82 Å². The summed E-state index contributed by atoms with van der Waals surface area (Å²) in [6, 6.07) is 7.41. The minimum Gasteiger partial charge on any atom is -0.376 e. The van der Waals surface area contributed by atoms with Crippen molar-refractivity contribution < 1.29 is 17.6 Å². The maximum atomic E-state index is 13.6. The molecule has 1 unspecified atom stereocenters. The van der Waals surface area contributed by atoms with Crippen molar-refractivity contribution in [2.75, 3.05) is 5.32 Å². The Balaban J connectivity index is 2.29. The Kier molecular flexibility index (Phi) is 4.27. The Bertz CT molecular complexity index is 613. The number of nitrogens with one attached hydrogen (secondary N) is 1.